The lowest BCUT2D eigenvalue weighted by Gasteiger charge is -2.07. The van der Waals surface area contributed by atoms with E-state index in [1.54, 1.807) is 25.2 Å². The summed E-state index contributed by atoms with van der Waals surface area (Å²) in [5, 5.41) is 11.5. The van der Waals surface area contributed by atoms with Gasteiger partial charge in [-0.25, -0.2) is 4.98 Å². The van der Waals surface area contributed by atoms with Crippen molar-refractivity contribution in [2.24, 2.45) is 7.05 Å². The molecule has 2 aromatic rings. The Hall–Kier alpha value is -1.51. The summed E-state index contributed by atoms with van der Waals surface area (Å²) < 4.78 is 1.46. The first-order valence-corrected chi connectivity index (χ1v) is 6.16. The van der Waals surface area contributed by atoms with Gasteiger partial charge in [-0.3, -0.25) is 9.36 Å². The van der Waals surface area contributed by atoms with Crippen molar-refractivity contribution < 1.29 is 0 Å². The lowest BCUT2D eigenvalue weighted by atomic mass is 10.2. The zero-order chi connectivity index (χ0) is 12.4. The van der Waals surface area contributed by atoms with Crippen LogP contribution in [-0.4, -0.2) is 9.55 Å². The minimum Gasteiger partial charge on any atom is -0.299 e. The van der Waals surface area contributed by atoms with Gasteiger partial charge < -0.3 is 0 Å². The third-order valence-electron chi connectivity index (χ3n) is 2.40. The van der Waals surface area contributed by atoms with Gasteiger partial charge in [0.1, 0.15) is 11.2 Å². The Labute approximate surface area is 107 Å². The van der Waals surface area contributed by atoms with E-state index >= 15 is 0 Å². The molecule has 0 N–H and O–H groups in total. The molecule has 0 saturated heterocycles. The number of benzene rings is 1. The van der Waals surface area contributed by atoms with E-state index in [-0.39, 0.29) is 5.56 Å². The van der Waals surface area contributed by atoms with Crippen LogP contribution in [0, 0.1) is 10.7 Å². The Balaban J connectivity index is 2.68. The van der Waals surface area contributed by atoms with E-state index in [2.05, 4.69) is 4.98 Å². The lowest BCUT2D eigenvalue weighted by molar-refractivity contribution is 0.786. The van der Waals surface area contributed by atoms with Crippen molar-refractivity contribution in [1.29, 1.82) is 5.26 Å². The van der Waals surface area contributed by atoms with E-state index in [4.69, 9.17) is 16.9 Å². The Morgan fingerprint density at radius 1 is 1.59 bits per heavy atom. The maximum atomic E-state index is 12.0. The summed E-state index contributed by atoms with van der Waals surface area (Å²) in [5.41, 5.74) is 0.439. The topological polar surface area (TPSA) is 58.7 Å². The third-order valence-corrected chi connectivity index (χ3v) is 3.16. The second-order valence-corrected chi connectivity index (χ2v) is 4.63. The molecule has 6 heteroatoms. The average molecular weight is 266 g/mol. The van der Waals surface area contributed by atoms with Crippen molar-refractivity contribution in [3.8, 4) is 5.40 Å². The zero-order valence-corrected chi connectivity index (χ0v) is 10.5. The van der Waals surface area contributed by atoms with Gasteiger partial charge in [0.15, 0.2) is 0 Å². The number of hydrogen-bond acceptors (Lipinski definition) is 4. The van der Waals surface area contributed by atoms with Crippen molar-refractivity contribution in [1.82, 2.24) is 9.55 Å². The first-order chi connectivity index (χ1) is 8.13. The quantitative estimate of drug-likeness (QED) is 0.782. The Morgan fingerprint density at radius 2 is 2.35 bits per heavy atom. The molecule has 0 bridgehead atoms. The van der Waals surface area contributed by atoms with Crippen LogP contribution in [0.25, 0.3) is 10.9 Å². The fourth-order valence-corrected chi connectivity index (χ4v) is 2.13. The summed E-state index contributed by atoms with van der Waals surface area (Å²) in [7, 11) is 1.65. The Bertz CT molecular complexity index is 675. The molecule has 0 saturated carbocycles. The molecule has 0 atom stereocenters. The van der Waals surface area contributed by atoms with Crippen molar-refractivity contribution >= 4 is 34.3 Å². The normalized spacial score (nSPS) is 10.4. The van der Waals surface area contributed by atoms with Gasteiger partial charge in [-0.05, 0) is 30.0 Å². The fourth-order valence-electron chi connectivity index (χ4n) is 1.52. The van der Waals surface area contributed by atoms with Gasteiger partial charge in [0.05, 0.1) is 16.7 Å². The molecule has 0 aliphatic carbocycles. The van der Waals surface area contributed by atoms with Crippen LogP contribution in [0.1, 0.15) is 5.82 Å². The summed E-state index contributed by atoms with van der Waals surface area (Å²) in [6.07, 6.45) is 0. The summed E-state index contributed by atoms with van der Waals surface area (Å²) >= 11 is 6.91. The summed E-state index contributed by atoms with van der Waals surface area (Å²) in [5.74, 6) is 0.946. The van der Waals surface area contributed by atoms with Crippen molar-refractivity contribution in [3.63, 3.8) is 0 Å². The standard InChI is InChI=1S/C11H8ClN3OS/c1-15-10(5-17-6-13)14-9-4-7(12)2-3-8(9)11(15)16/h2-4H,5H2,1H3. The molecule has 0 aliphatic rings. The van der Waals surface area contributed by atoms with Gasteiger partial charge in [0.25, 0.3) is 5.56 Å². The van der Waals surface area contributed by atoms with E-state index in [0.717, 1.165) is 11.8 Å². The minimum atomic E-state index is -0.125. The van der Waals surface area contributed by atoms with Gasteiger partial charge in [-0.2, -0.15) is 5.26 Å². The molecule has 0 spiro atoms. The number of aromatic nitrogens is 2. The van der Waals surface area contributed by atoms with Gasteiger partial charge in [-0.15, -0.1) is 0 Å². The van der Waals surface area contributed by atoms with Gasteiger partial charge in [-0.1, -0.05) is 11.6 Å². The molecule has 0 fully saturated rings. The number of thioether (sulfide) groups is 1. The van der Waals surface area contributed by atoms with Crippen LogP contribution in [0.5, 0.6) is 0 Å². The van der Waals surface area contributed by atoms with Crippen molar-refractivity contribution in [3.05, 3.63) is 39.4 Å². The molecule has 0 aliphatic heterocycles. The van der Waals surface area contributed by atoms with E-state index < -0.39 is 0 Å². The molecular weight excluding hydrogens is 258 g/mol. The maximum absolute atomic E-state index is 12.0. The number of thiocyanates is 1. The molecule has 1 aromatic heterocycles. The first kappa shape index (κ1) is 12.0. The van der Waals surface area contributed by atoms with Gasteiger partial charge in [0, 0.05) is 12.1 Å². The molecule has 1 aromatic carbocycles. The number of rotatable bonds is 2. The zero-order valence-electron chi connectivity index (χ0n) is 8.98. The molecule has 1 heterocycles. The van der Waals surface area contributed by atoms with E-state index in [0.29, 0.717) is 27.5 Å². The number of fused-ring (bicyclic) bond motifs is 1. The average Bonchev–Trinajstić information content (AvgIpc) is 2.31. The number of hydrogen-bond donors (Lipinski definition) is 0. The monoisotopic (exact) mass is 265 g/mol. The SMILES string of the molecule is Cn1c(CSC#N)nc2cc(Cl)ccc2c1=O. The minimum absolute atomic E-state index is 0.125. The number of halogens is 1. The van der Waals surface area contributed by atoms with Crippen LogP contribution in [0.4, 0.5) is 0 Å². The second-order valence-electron chi connectivity index (χ2n) is 3.43. The second kappa shape index (κ2) is 4.78. The Kier molecular flexibility index (Phi) is 3.36. The van der Waals surface area contributed by atoms with Gasteiger partial charge >= 0.3 is 0 Å². The highest BCUT2D eigenvalue weighted by Gasteiger charge is 2.08. The molecule has 86 valence electrons. The molecule has 0 radical (unpaired) electrons. The number of nitrogens with zero attached hydrogens (tertiary/aromatic N) is 3. The highest BCUT2D eigenvalue weighted by atomic mass is 35.5. The van der Waals surface area contributed by atoms with E-state index in [1.165, 1.54) is 4.57 Å². The summed E-state index contributed by atoms with van der Waals surface area (Å²) in [6.45, 7) is 0. The predicted molar refractivity (Wildman–Crippen MR) is 68.9 cm³/mol. The molecular formula is C11H8ClN3OS. The molecule has 0 amide bonds. The maximum Gasteiger partial charge on any atom is 0.261 e. The van der Waals surface area contributed by atoms with Crippen LogP contribution in [-0.2, 0) is 12.8 Å². The Morgan fingerprint density at radius 3 is 3.06 bits per heavy atom. The predicted octanol–water partition coefficient (Wildman–Crippen LogP) is 2.30. The molecule has 17 heavy (non-hydrogen) atoms. The molecule has 0 unspecified atom stereocenters. The summed E-state index contributed by atoms with van der Waals surface area (Å²) in [6, 6.07) is 4.98. The summed E-state index contributed by atoms with van der Waals surface area (Å²) in [4.78, 5) is 16.4. The van der Waals surface area contributed by atoms with Crippen LogP contribution >= 0.6 is 23.4 Å². The molecule has 4 nitrogen and oxygen atoms in total. The van der Waals surface area contributed by atoms with Gasteiger partial charge in [0.2, 0.25) is 0 Å². The van der Waals surface area contributed by atoms with E-state index in [9.17, 15) is 4.79 Å². The third kappa shape index (κ3) is 2.28. The largest absolute Gasteiger partial charge is 0.299 e. The highest BCUT2D eigenvalue weighted by Crippen LogP contribution is 2.16. The number of nitriles is 1. The highest BCUT2D eigenvalue weighted by molar-refractivity contribution is 8.02. The first-order valence-electron chi connectivity index (χ1n) is 4.79. The van der Waals surface area contributed by atoms with Crippen LogP contribution in [0.2, 0.25) is 5.02 Å². The lowest BCUT2D eigenvalue weighted by Crippen LogP contribution is -2.21. The van der Waals surface area contributed by atoms with Crippen molar-refractivity contribution in [2.75, 3.05) is 0 Å². The van der Waals surface area contributed by atoms with Crippen molar-refractivity contribution in [2.45, 2.75) is 5.75 Å². The van der Waals surface area contributed by atoms with Crippen LogP contribution < -0.4 is 5.56 Å². The van der Waals surface area contributed by atoms with Crippen LogP contribution in [0.15, 0.2) is 23.0 Å². The van der Waals surface area contributed by atoms with E-state index in [1.807, 2.05) is 5.40 Å². The van der Waals surface area contributed by atoms with Crippen LogP contribution in [0.3, 0.4) is 0 Å². The molecule has 2 rings (SSSR count). The smallest absolute Gasteiger partial charge is 0.261 e. The fraction of sp³-hybridized carbons (Fsp3) is 0.182.